The quantitative estimate of drug-likeness (QED) is 0.283. The minimum Gasteiger partial charge on any atom is -0.497 e. The number of nitrogens with zero attached hydrogens (tertiary/aromatic N) is 2. The molecule has 3 rings (SSSR count). The van der Waals surface area contributed by atoms with Gasteiger partial charge in [-0.05, 0) is 67.9 Å². The van der Waals surface area contributed by atoms with Crippen LogP contribution in [0, 0.1) is 5.82 Å². The van der Waals surface area contributed by atoms with Crippen LogP contribution in [0.3, 0.4) is 0 Å². The number of carbonyl (C=O) groups excluding carboxylic acids is 2. The van der Waals surface area contributed by atoms with Gasteiger partial charge in [0, 0.05) is 23.7 Å². The van der Waals surface area contributed by atoms with Crippen molar-refractivity contribution in [3.05, 3.63) is 89.2 Å². The first-order chi connectivity index (χ1) is 19.1. The van der Waals surface area contributed by atoms with Crippen molar-refractivity contribution < 1.29 is 27.1 Å². The standard InChI is InChI=1S/C29H33ClFN3O5S/c1-4-5-18-32-29(36)21(2)33(19-22-8-6-7-9-27(22)31)28(35)20-34(24-12-10-23(30)11-13-24)40(37,38)26-16-14-25(39-3)15-17-26/h6-17,21H,4-5,18-20H2,1-3H3,(H,32,36). The Bertz CT molecular complexity index is 1400. The summed E-state index contributed by atoms with van der Waals surface area (Å²) in [6.07, 6.45) is 1.62. The second-order valence-corrected chi connectivity index (χ2v) is 11.4. The molecule has 0 aliphatic heterocycles. The summed E-state index contributed by atoms with van der Waals surface area (Å²) in [5.41, 5.74) is 0.388. The zero-order valence-corrected chi connectivity index (χ0v) is 24.2. The molecule has 0 spiro atoms. The smallest absolute Gasteiger partial charge is 0.264 e. The Labute approximate surface area is 239 Å². The molecule has 0 heterocycles. The SMILES string of the molecule is CCCCNC(=O)C(C)N(Cc1ccccc1F)C(=O)CN(c1ccc(Cl)cc1)S(=O)(=O)c1ccc(OC)cc1. The van der Waals surface area contributed by atoms with Gasteiger partial charge in [0.2, 0.25) is 11.8 Å². The zero-order valence-electron chi connectivity index (χ0n) is 22.6. The second kappa shape index (κ2) is 14.1. The number of rotatable bonds is 13. The van der Waals surface area contributed by atoms with E-state index >= 15 is 0 Å². The highest BCUT2D eigenvalue weighted by Crippen LogP contribution is 2.27. The number of ether oxygens (including phenoxy) is 1. The van der Waals surface area contributed by atoms with Gasteiger partial charge in [-0.3, -0.25) is 13.9 Å². The third-order valence-electron chi connectivity index (χ3n) is 6.34. The van der Waals surface area contributed by atoms with E-state index in [0.29, 0.717) is 17.3 Å². The van der Waals surface area contributed by atoms with Crippen LogP contribution in [0.2, 0.25) is 5.02 Å². The maximum Gasteiger partial charge on any atom is 0.264 e. The number of nitrogens with one attached hydrogen (secondary N) is 1. The fraction of sp³-hybridized carbons (Fsp3) is 0.310. The van der Waals surface area contributed by atoms with Crippen LogP contribution in [0.15, 0.2) is 77.7 Å². The molecule has 0 aliphatic rings. The van der Waals surface area contributed by atoms with Crippen LogP contribution in [-0.4, -0.2) is 51.4 Å². The van der Waals surface area contributed by atoms with Gasteiger partial charge in [0.1, 0.15) is 24.2 Å². The summed E-state index contributed by atoms with van der Waals surface area (Å²) >= 11 is 6.03. The molecule has 0 aliphatic carbocycles. The van der Waals surface area contributed by atoms with E-state index in [9.17, 15) is 22.4 Å². The van der Waals surface area contributed by atoms with Crippen LogP contribution in [-0.2, 0) is 26.2 Å². The van der Waals surface area contributed by atoms with Gasteiger partial charge in [0.05, 0.1) is 17.7 Å². The molecule has 3 aromatic carbocycles. The molecule has 11 heteroatoms. The van der Waals surface area contributed by atoms with Crippen molar-refractivity contribution in [3.63, 3.8) is 0 Å². The molecular formula is C29H33ClFN3O5S. The first-order valence-corrected chi connectivity index (χ1v) is 14.6. The molecule has 40 heavy (non-hydrogen) atoms. The molecule has 2 amide bonds. The van der Waals surface area contributed by atoms with E-state index in [1.165, 1.54) is 85.7 Å². The van der Waals surface area contributed by atoms with Gasteiger partial charge in [-0.25, -0.2) is 12.8 Å². The number of halogens is 2. The molecule has 3 aromatic rings. The number of carbonyl (C=O) groups is 2. The highest BCUT2D eigenvalue weighted by Gasteiger charge is 2.32. The number of hydrogen-bond acceptors (Lipinski definition) is 5. The Morgan fingerprint density at radius 1 is 1.02 bits per heavy atom. The largest absolute Gasteiger partial charge is 0.497 e. The van der Waals surface area contributed by atoms with Crippen LogP contribution in [0.25, 0.3) is 0 Å². The summed E-state index contributed by atoms with van der Waals surface area (Å²) in [5, 5.41) is 3.18. The fourth-order valence-corrected chi connectivity index (χ4v) is 5.48. The number of amides is 2. The Kier molecular flexibility index (Phi) is 10.9. The minimum absolute atomic E-state index is 0.0675. The normalized spacial score (nSPS) is 11.9. The monoisotopic (exact) mass is 589 g/mol. The number of methoxy groups -OCH3 is 1. The summed E-state index contributed by atoms with van der Waals surface area (Å²) in [4.78, 5) is 27.9. The first kappa shape index (κ1) is 30.9. The lowest BCUT2D eigenvalue weighted by Crippen LogP contribution is -2.51. The molecule has 0 aromatic heterocycles. The molecule has 0 fully saturated rings. The number of unbranched alkanes of at least 4 members (excludes halogenated alkanes) is 1. The molecule has 0 saturated heterocycles. The summed E-state index contributed by atoms with van der Waals surface area (Å²) in [6, 6.07) is 16.7. The third-order valence-corrected chi connectivity index (χ3v) is 8.38. The molecular weight excluding hydrogens is 557 g/mol. The Morgan fingerprint density at radius 2 is 1.68 bits per heavy atom. The average molecular weight is 590 g/mol. The predicted octanol–water partition coefficient (Wildman–Crippen LogP) is 5.02. The topological polar surface area (TPSA) is 96.0 Å². The van der Waals surface area contributed by atoms with E-state index in [4.69, 9.17) is 16.3 Å². The van der Waals surface area contributed by atoms with E-state index < -0.39 is 40.2 Å². The van der Waals surface area contributed by atoms with E-state index in [1.807, 2.05) is 6.92 Å². The van der Waals surface area contributed by atoms with Crippen LogP contribution < -0.4 is 14.4 Å². The fourth-order valence-electron chi connectivity index (χ4n) is 3.94. The van der Waals surface area contributed by atoms with Crippen molar-refractivity contribution in [1.82, 2.24) is 10.2 Å². The zero-order chi connectivity index (χ0) is 29.3. The highest BCUT2D eigenvalue weighted by atomic mass is 35.5. The van der Waals surface area contributed by atoms with Crippen molar-refractivity contribution in [1.29, 1.82) is 0 Å². The summed E-state index contributed by atoms with van der Waals surface area (Å²) in [7, 11) is -2.79. The van der Waals surface area contributed by atoms with Crippen LogP contribution in [0.5, 0.6) is 5.75 Å². The molecule has 8 nitrogen and oxygen atoms in total. The van der Waals surface area contributed by atoms with E-state index in [0.717, 1.165) is 17.1 Å². The molecule has 214 valence electrons. The average Bonchev–Trinajstić information content (AvgIpc) is 2.95. The van der Waals surface area contributed by atoms with Crippen LogP contribution in [0.4, 0.5) is 10.1 Å². The van der Waals surface area contributed by atoms with Gasteiger partial charge in [0.15, 0.2) is 0 Å². The summed E-state index contributed by atoms with van der Waals surface area (Å²) in [5.74, 6) is -1.19. The van der Waals surface area contributed by atoms with Crippen molar-refractivity contribution in [3.8, 4) is 5.75 Å². The van der Waals surface area contributed by atoms with E-state index in [1.54, 1.807) is 6.07 Å². The molecule has 0 saturated carbocycles. The van der Waals surface area contributed by atoms with Crippen molar-refractivity contribution in [2.24, 2.45) is 0 Å². The number of hydrogen-bond donors (Lipinski definition) is 1. The molecule has 1 atom stereocenters. The minimum atomic E-state index is -4.25. The van der Waals surface area contributed by atoms with Crippen molar-refractivity contribution in [2.75, 3.05) is 24.5 Å². The summed E-state index contributed by atoms with van der Waals surface area (Å²) < 4.78 is 48.3. The van der Waals surface area contributed by atoms with Gasteiger partial charge in [-0.1, -0.05) is 43.1 Å². The van der Waals surface area contributed by atoms with Gasteiger partial charge >= 0.3 is 0 Å². The Balaban J connectivity index is 2.00. The van der Waals surface area contributed by atoms with Gasteiger partial charge < -0.3 is 15.0 Å². The summed E-state index contributed by atoms with van der Waals surface area (Å²) in [6.45, 7) is 3.06. The lowest BCUT2D eigenvalue weighted by molar-refractivity contribution is -0.139. The third kappa shape index (κ3) is 7.73. The lowest BCUT2D eigenvalue weighted by Gasteiger charge is -2.32. The Morgan fingerprint density at radius 3 is 2.27 bits per heavy atom. The highest BCUT2D eigenvalue weighted by molar-refractivity contribution is 7.92. The first-order valence-electron chi connectivity index (χ1n) is 12.8. The van der Waals surface area contributed by atoms with Gasteiger partial charge in [-0.15, -0.1) is 0 Å². The van der Waals surface area contributed by atoms with Crippen LogP contribution in [0.1, 0.15) is 32.3 Å². The number of anilines is 1. The maximum atomic E-state index is 14.6. The lowest BCUT2D eigenvalue weighted by atomic mass is 10.1. The number of sulfonamides is 1. The molecule has 0 bridgehead atoms. The predicted molar refractivity (Wildman–Crippen MR) is 153 cm³/mol. The second-order valence-electron chi connectivity index (χ2n) is 9.10. The van der Waals surface area contributed by atoms with E-state index in [-0.39, 0.29) is 22.7 Å². The Hall–Kier alpha value is -3.63. The molecule has 1 unspecified atom stereocenters. The number of benzene rings is 3. The van der Waals surface area contributed by atoms with Crippen molar-refractivity contribution in [2.45, 2.75) is 44.2 Å². The van der Waals surface area contributed by atoms with Gasteiger partial charge in [-0.2, -0.15) is 0 Å². The van der Waals surface area contributed by atoms with Crippen LogP contribution >= 0.6 is 11.6 Å². The van der Waals surface area contributed by atoms with Gasteiger partial charge in [0.25, 0.3) is 10.0 Å². The molecule has 1 N–H and O–H groups in total. The van der Waals surface area contributed by atoms with E-state index in [2.05, 4.69) is 5.32 Å². The van der Waals surface area contributed by atoms with Crippen molar-refractivity contribution >= 4 is 39.1 Å². The molecule has 0 radical (unpaired) electrons. The maximum absolute atomic E-state index is 14.6.